The number of fused-ring (bicyclic) bond motifs is 3. The predicted molar refractivity (Wildman–Crippen MR) is 99.9 cm³/mol. The van der Waals surface area contributed by atoms with E-state index in [4.69, 9.17) is 14.5 Å². The Bertz CT molecular complexity index is 1060. The lowest BCUT2D eigenvalue weighted by Gasteiger charge is -2.11. The van der Waals surface area contributed by atoms with E-state index in [0.29, 0.717) is 19.6 Å². The summed E-state index contributed by atoms with van der Waals surface area (Å²) in [6.07, 6.45) is 2.32. The molecule has 6 nitrogen and oxygen atoms in total. The number of benzene rings is 2. The molecule has 0 saturated heterocycles. The first kappa shape index (κ1) is 16.3. The Labute approximate surface area is 151 Å². The average molecular weight is 348 g/mol. The number of ether oxygens (including phenoxy) is 2. The van der Waals surface area contributed by atoms with Gasteiger partial charge in [0.2, 0.25) is 0 Å². The second-order valence-corrected chi connectivity index (χ2v) is 5.88. The molecule has 4 rings (SSSR count). The van der Waals surface area contributed by atoms with E-state index in [1.807, 2.05) is 56.3 Å². The molecule has 0 aliphatic heterocycles. The van der Waals surface area contributed by atoms with Crippen LogP contribution >= 0.6 is 0 Å². The Hall–Kier alpha value is -3.15. The van der Waals surface area contributed by atoms with Crippen LogP contribution in [-0.4, -0.2) is 32.8 Å². The molecule has 0 N–H and O–H groups in total. The molecule has 0 atom stereocenters. The highest BCUT2D eigenvalue weighted by Crippen LogP contribution is 2.29. The third-order valence-electron chi connectivity index (χ3n) is 4.10. The topological polar surface area (TPSA) is 61.5 Å². The van der Waals surface area contributed by atoms with Crippen molar-refractivity contribution in [3.63, 3.8) is 0 Å². The molecule has 0 bridgehead atoms. The van der Waals surface area contributed by atoms with Crippen LogP contribution in [0.1, 0.15) is 25.2 Å². The van der Waals surface area contributed by atoms with E-state index in [1.165, 1.54) is 0 Å². The first-order valence-electron chi connectivity index (χ1n) is 8.76. The van der Waals surface area contributed by atoms with Gasteiger partial charge in [0.1, 0.15) is 6.33 Å². The molecular weight excluding hydrogens is 328 g/mol. The van der Waals surface area contributed by atoms with Gasteiger partial charge in [0, 0.05) is 11.8 Å². The van der Waals surface area contributed by atoms with Crippen molar-refractivity contribution in [1.82, 2.24) is 19.6 Å². The van der Waals surface area contributed by atoms with E-state index in [9.17, 15) is 0 Å². The molecule has 2 aromatic heterocycles. The van der Waals surface area contributed by atoms with Crippen molar-refractivity contribution < 1.29 is 9.47 Å². The monoisotopic (exact) mass is 348 g/mol. The van der Waals surface area contributed by atoms with Crippen LogP contribution in [0, 0.1) is 0 Å². The van der Waals surface area contributed by atoms with Crippen LogP contribution in [0.25, 0.3) is 16.6 Å². The number of hydrogen-bond acceptors (Lipinski definition) is 5. The molecule has 0 spiro atoms. The van der Waals surface area contributed by atoms with E-state index in [1.54, 1.807) is 10.8 Å². The minimum Gasteiger partial charge on any atom is -0.490 e. The van der Waals surface area contributed by atoms with Gasteiger partial charge < -0.3 is 9.47 Å². The minimum atomic E-state index is 0.591. The fourth-order valence-corrected chi connectivity index (χ4v) is 2.99. The zero-order valence-electron chi connectivity index (χ0n) is 14.8. The normalized spacial score (nSPS) is 11.2. The number of aromatic nitrogens is 4. The minimum absolute atomic E-state index is 0.591. The van der Waals surface area contributed by atoms with Gasteiger partial charge in [-0.25, -0.2) is 14.5 Å². The van der Waals surface area contributed by atoms with Gasteiger partial charge in [0.05, 0.1) is 18.7 Å². The fraction of sp³-hybridized carbons (Fsp3) is 0.250. The standard InChI is InChI=1S/C20H20N4O2/c1-3-25-17-10-9-14(11-18(17)26-4-2)12-19-22-20-15-7-5-6-8-16(15)21-13-24(20)23-19/h5-11,13H,3-4,12H2,1-2H3. The molecule has 0 radical (unpaired) electrons. The Morgan fingerprint density at radius 1 is 0.962 bits per heavy atom. The van der Waals surface area contributed by atoms with Crippen LogP contribution in [0.3, 0.4) is 0 Å². The largest absolute Gasteiger partial charge is 0.490 e. The van der Waals surface area contributed by atoms with Gasteiger partial charge >= 0.3 is 0 Å². The maximum absolute atomic E-state index is 5.70. The molecule has 0 amide bonds. The van der Waals surface area contributed by atoms with Gasteiger partial charge in [-0.15, -0.1) is 5.10 Å². The molecule has 4 aromatic rings. The summed E-state index contributed by atoms with van der Waals surface area (Å²) in [5, 5.41) is 5.56. The number of hydrogen-bond donors (Lipinski definition) is 0. The van der Waals surface area contributed by atoms with Gasteiger partial charge in [-0.05, 0) is 43.7 Å². The zero-order valence-corrected chi connectivity index (χ0v) is 14.8. The van der Waals surface area contributed by atoms with Crippen molar-refractivity contribution in [2.75, 3.05) is 13.2 Å². The second-order valence-electron chi connectivity index (χ2n) is 5.88. The lowest BCUT2D eigenvalue weighted by molar-refractivity contribution is 0.287. The van der Waals surface area contributed by atoms with E-state index in [2.05, 4.69) is 10.1 Å². The highest BCUT2D eigenvalue weighted by molar-refractivity contribution is 5.90. The molecule has 0 unspecified atom stereocenters. The van der Waals surface area contributed by atoms with Gasteiger partial charge in [-0.3, -0.25) is 0 Å². The van der Waals surface area contributed by atoms with E-state index >= 15 is 0 Å². The smallest absolute Gasteiger partial charge is 0.166 e. The second kappa shape index (κ2) is 7.00. The van der Waals surface area contributed by atoms with Crippen molar-refractivity contribution >= 4 is 16.6 Å². The van der Waals surface area contributed by atoms with Crippen molar-refractivity contribution in [2.24, 2.45) is 0 Å². The maximum Gasteiger partial charge on any atom is 0.166 e. The first-order valence-corrected chi connectivity index (χ1v) is 8.76. The summed E-state index contributed by atoms with van der Waals surface area (Å²) in [6.45, 7) is 5.12. The first-order chi connectivity index (χ1) is 12.8. The van der Waals surface area contributed by atoms with Crippen LogP contribution in [0.15, 0.2) is 48.8 Å². The Balaban J connectivity index is 1.68. The molecular formula is C20H20N4O2. The van der Waals surface area contributed by atoms with Gasteiger partial charge in [0.25, 0.3) is 0 Å². The summed E-state index contributed by atoms with van der Waals surface area (Å²) in [6, 6.07) is 13.9. The summed E-state index contributed by atoms with van der Waals surface area (Å²) in [4.78, 5) is 9.13. The molecule has 0 aliphatic rings. The van der Waals surface area contributed by atoms with Crippen LogP contribution in [-0.2, 0) is 6.42 Å². The molecule has 6 heteroatoms. The summed E-state index contributed by atoms with van der Waals surface area (Å²) in [5.41, 5.74) is 2.81. The number of para-hydroxylation sites is 1. The summed E-state index contributed by atoms with van der Waals surface area (Å²) >= 11 is 0. The molecule has 2 heterocycles. The van der Waals surface area contributed by atoms with E-state index in [-0.39, 0.29) is 0 Å². The van der Waals surface area contributed by atoms with E-state index < -0.39 is 0 Å². The summed E-state index contributed by atoms with van der Waals surface area (Å²) in [5.74, 6) is 2.26. The lowest BCUT2D eigenvalue weighted by atomic mass is 10.1. The number of rotatable bonds is 6. The lowest BCUT2D eigenvalue weighted by Crippen LogP contribution is -2.00. The third-order valence-corrected chi connectivity index (χ3v) is 4.10. The van der Waals surface area contributed by atoms with E-state index in [0.717, 1.165) is 39.4 Å². The Morgan fingerprint density at radius 2 is 1.77 bits per heavy atom. The number of nitrogens with zero attached hydrogens (tertiary/aromatic N) is 4. The fourth-order valence-electron chi connectivity index (χ4n) is 2.99. The Kier molecular flexibility index (Phi) is 4.39. The molecule has 0 saturated carbocycles. The predicted octanol–water partition coefficient (Wildman–Crippen LogP) is 3.67. The van der Waals surface area contributed by atoms with Crippen molar-refractivity contribution in [3.05, 3.63) is 60.2 Å². The summed E-state index contributed by atoms with van der Waals surface area (Å²) in [7, 11) is 0. The molecule has 0 aliphatic carbocycles. The maximum atomic E-state index is 5.70. The Morgan fingerprint density at radius 3 is 2.62 bits per heavy atom. The quantitative estimate of drug-likeness (QED) is 0.532. The van der Waals surface area contributed by atoms with Gasteiger partial charge in [0.15, 0.2) is 23.0 Å². The van der Waals surface area contributed by atoms with Crippen LogP contribution in [0.5, 0.6) is 11.5 Å². The summed E-state index contributed by atoms with van der Waals surface area (Å²) < 4.78 is 13.1. The van der Waals surface area contributed by atoms with Gasteiger partial charge in [-0.1, -0.05) is 18.2 Å². The molecule has 2 aromatic carbocycles. The zero-order chi connectivity index (χ0) is 17.9. The van der Waals surface area contributed by atoms with Crippen molar-refractivity contribution in [3.8, 4) is 11.5 Å². The highest BCUT2D eigenvalue weighted by Gasteiger charge is 2.11. The molecule has 26 heavy (non-hydrogen) atoms. The third kappa shape index (κ3) is 3.06. The molecule has 0 fully saturated rings. The van der Waals surface area contributed by atoms with Crippen molar-refractivity contribution in [2.45, 2.75) is 20.3 Å². The van der Waals surface area contributed by atoms with Crippen LogP contribution in [0.4, 0.5) is 0 Å². The van der Waals surface area contributed by atoms with Gasteiger partial charge in [-0.2, -0.15) is 0 Å². The van der Waals surface area contributed by atoms with Crippen molar-refractivity contribution in [1.29, 1.82) is 0 Å². The average Bonchev–Trinajstić information content (AvgIpc) is 3.07. The highest BCUT2D eigenvalue weighted by atomic mass is 16.5. The van der Waals surface area contributed by atoms with Crippen LogP contribution in [0.2, 0.25) is 0 Å². The SMILES string of the molecule is CCOc1ccc(Cc2nc3c4ccccc4ncn3n2)cc1OCC. The molecule has 132 valence electrons. The van der Waals surface area contributed by atoms with Crippen LogP contribution < -0.4 is 9.47 Å².